The van der Waals surface area contributed by atoms with Crippen LogP contribution in [0.15, 0.2) is 12.8 Å². The molecule has 0 aromatic heterocycles. The second kappa shape index (κ2) is 2.86. The SMILES string of the molecule is C=CN1CC(CC)CC1=O. The number of carbonyl (C=O) groups is 1. The van der Waals surface area contributed by atoms with E-state index in [2.05, 4.69) is 13.5 Å². The Bertz CT molecular complexity index is 153. The van der Waals surface area contributed by atoms with Crippen molar-refractivity contribution in [2.24, 2.45) is 5.92 Å². The van der Waals surface area contributed by atoms with Crippen LogP contribution in [-0.2, 0) is 4.79 Å². The van der Waals surface area contributed by atoms with Crippen molar-refractivity contribution in [1.29, 1.82) is 0 Å². The molecular weight excluding hydrogens is 126 g/mol. The second-order valence-corrected chi connectivity index (χ2v) is 2.71. The number of hydrogen-bond acceptors (Lipinski definition) is 1. The minimum atomic E-state index is 0.224. The fourth-order valence-corrected chi connectivity index (χ4v) is 1.26. The zero-order valence-electron chi connectivity index (χ0n) is 6.34. The third-order valence-corrected chi connectivity index (χ3v) is 2.04. The van der Waals surface area contributed by atoms with E-state index in [0.717, 1.165) is 13.0 Å². The highest BCUT2D eigenvalue weighted by Gasteiger charge is 2.25. The molecular formula is C8H13NO. The molecule has 1 heterocycles. The maximum absolute atomic E-state index is 11.0. The van der Waals surface area contributed by atoms with Gasteiger partial charge in [-0.1, -0.05) is 19.9 Å². The lowest BCUT2D eigenvalue weighted by Crippen LogP contribution is -2.17. The van der Waals surface area contributed by atoms with Gasteiger partial charge in [0.2, 0.25) is 5.91 Å². The maximum atomic E-state index is 11.0. The van der Waals surface area contributed by atoms with Gasteiger partial charge in [-0.2, -0.15) is 0 Å². The summed E-state index contributed by atoms with van der Waals surface area (Å²) in [5, 5.41) is 0. The van der Waals surface area contributed by atoms with Crippen molar-refractivity contribution in [2.75, 3.05) is 6.54 Å². The molecule has 0 aromatic carbocycles. The van der Waals surface area contributed by atoms with E-state index in [1.165, 1.54) is 0 Å². The molecule has 0 spiro atoms. The summed E-state index contributed by atoms with van der Waals surface area (Å²) in [6.07, 6.45) is 3.43. The maximum Gasteiger partial charge on any atom is 0.226 e. The Hall–Kier alpha value is -0.790. The van der Waals surface area contributed by atoms with Gasteiger partial charge in [0, 0.05) is 13.0 Å². The van der Waals surface area contributed by atoms with Gasteiger partial charge in [0.15, 0.2) is 0 Å². The highest BCUT2D eigenvalue weighted by atomic mass is 16.2. The highest BCUT2D eigenvalue weighted by molar-refractivity contribution is 5.79. The van der Waals surface area contributed by atoms with Crippen LogP contribution in [0.1, 0.15) is 19.8 Å². The predicted molar refractivity (Wildman–Crippen MR) is 40.3 cm³/mol. The predicted octanol–water partition coefficient (Wildman–Crippen LogP) is 1.39. The van der Waals surface area contributed by atoms with Crippen molar-refractivity contribution in [2.45, 2.75) is 19.8 Å². The lowest BCUT2D eigenvalue weighted by molar-refractivity contribution is -0.125. The van der Waals surface area contributed by atoms with Crippen molar-refractivity contribution < 1.29 is 4.79 Å². The van der Waals surface area contributed by atoms with Gasteiger partial charge in [0.1, 0.15) is 0 Å². The molecule has 0 aromatic rings. The molecule has 2 nitrogen and oxygen atoms in total. The van der Waals surface area contributed by atoms with E-state index < -0.39 is 0 Å². The Morgan fingerprint density at radius 3 is 2.90 bits per heavy atom. The Kier molecular flexibility index (Phi) is 2.10. The van der Waals surface area contributed by atoms with Crippen molar-refractivity contribution in [1.82, 2.24) is 4.90 Å². The minimum absolute atomic E-state index is 0.224. The van der Waals surface area contributed by atoms with Crippen LogP contribution in [0.5, 0.6) is 0 Å². The first kappa shape index (κ1) is 7.32. The molecule has 10 heavy (non-hydrogen) atoms. The van der Waals surface area contributed by atoms with Gasteiger partial charge in [-0.05, 0) is 12.1 Å². The number of carbonyl (C=O) groups excluding carboxylic acids is 1. The molecule has 0 bridgehead atoms. The first-order valence-corrected chi connectivity index (χ1v) is 3.70. The second-order valence-electron chi connectivity index (χ2n) is 2.71. The molecule has 56 valence electrons. The fourth-order valence-electron chi connectivity index (χ4n) is 1.26. The summed E-state index contributed by atoms with van der Waals surface area (Å²) in [5.74, 6) is 0.785. The van der Waals surface area contributed by atoms with Crippen LogP contribution >= 0.6 is 0 Å². The standard InChI is InChI=1S/C8H13NO/c1-3-7-5-8(10)9(4-2)6-7/h4,7H,2-3,5-6H2,1H3. The molecule has 2 heteroatoms. The van der Waals surface area contributed by atoms with Crippen molar-refractivity contribution in [3.8, 4) is 0 Å². The smallest absolute Gasteiger partial charge is 0.226 e. The van der Waals surface area contributed by atoms with Gasteiger partial charge in [0.05, 0.1) is 0 Å². The van der Waals surface area contributed by atoms with Crippen LogP contribution in [0, 0.1) is 5.92 Å². The van der Waals surface area contributed by atoms with E-state index >= 15 is 0 Å². The van der Waals surface area contributed by atoms with Crippen LogP contribution in [-0.4, -0.2) is 17.4 Å². The summed E-state index contributed by atoms with van der Waals surface area (Å²) >= 11 is 0. The normalized spacial score (nSPS) is 25.5. The molecule has 1 unspecified atom stereocenters. The largest absolute Gasteiger partial charge is 0.319 e. The van der Waals surface area contributed by atoms with Gasteiger partial charge >= 0.3 is 0 Å². The molecule has 1 amide bonds. The molecule has 1 aliphatic rings. The number of amides is 1. The number of likely N-dealkylation sites (tertiary alicyclic amines) is 1. The summed E-state index contributed by atoms with van der Waals surface area (Å²) in [7, 11) is 0. The summed E-state index contributed by atoms with van der Waals surface area (Å²) < 4.78 is 0. The highest BCUT2D eigenvalue weighted by Crippen LogP contribution is 2.19. The lowest BCUT2D eigenvalue weighted by Gasteiger charge is -2.08. The lowest BCUT2D eigenvalue weighted by atomic mass is 10.1. The first-order chi connectivity index (χ1) is 4.77. The fraction of sp³-hybridized carbons (Fsp3) is 0.625. The van der Waals surface area contributed by atoms with Crippen LogP contribution in [0.25, 0.3) is 0 Å². The number of nitrogens with zero attached hydrogens (tertiary/aromatic N) is 1. The topological polar surface area (TPSA) is 20.3 Å². The third-order valence-electron chi connectivity index (χ3n) is 2.04. The van der Waals surface area contributed by atoms with E-state index in [0.29, 0.717) is 12.3 Å². The Morgan fingerprint density at radius 2 is 2.60 bits per heavy atom. The molecule has 0 aliphatic carbocycles. The van der Waals surface area contributed by atoms with Crippen molar-refractivity contribution >= 4 is 5.91 Å². The van der Waals surface area contributed by atoms with Crippen molar-refractivity contribution in [3.05, 3.63) is 12.8 Å². The van der Waals surface area contributed by atoms with E-state index in [-0.39, 0.29) is 5.91 Å². The Labute approximate surface area is 61.5 Å². The molecule has 0 N–H and O–H groups in total. The van der Waals surface area contributed by atoms with E-state index in [9.17, 15) is 4.79 Å². The molecule has 0 radical (unpaired) electrons. The van der Waals surface area contributed by atoms with Gasteiger partial charge in [-0.3, -0.25) is 4.79 Å². The summed E-state index contributed by atoms with van der Waals surface area (Å²) in [6.45, 7) is 6.56. The van der Waals surface area contributed by atoms with Crippen LogP contribution in [0.2, 0.25) is 0 Å². The monoisotopic (exact) mass is 139 g/mol. The van der Waals surface area contributed by atoms with Gasteiger partial charge in [-0.15, -0.1) is 0 Å². The average molecular weight is 139 g/mol. The molecule has 1 fully saturated rings. The molecule has 1 atom stereocenters. The van der Waals surface area contributed by atoms with Crippen LogP contribution < -0.4 is 0 Å². The van der Waals surface area contributed by atoms with Crippen molar-refractivity contribution in [3.63, 3.8) is 0 Å². The van der Waals surface area contributed by atoms with Gasteiger partial charge in [-0.25, -0.2) is 0 Å². The summed E-state index contributed by atoms with van der Waals surface area (Å²) in [6, 6.07) is 0. The molecule has 1 saturated heterocycles. The zero-order valence-corrected chi connectivity index (χ0v) is 6.34. The van der Waals surface area contributed by atoms with Gasteiger partial charge in [0.25, 0.3) is 0 Å². The summed E-state index contributed by atoms with van der Waals surface area (Å²) in [5.41, 5.74) is 0. The molecule has 1 rings (SSSR count). The van der Waals surface area contributed by atoms with Gasteiger partial charge < -0.3 is 4.90 Å². The van der Waals surface area contributed by atoms with E-state index in [1.807, 2.05) is 0 Å². The van der Waals surface area contributed by atoms with Crippen LogP contribution in [0.3, 0.4) is 0 Å². The number of rotatable bonds is 2. The average Bonchev–Trinajstić information content (AvgIpc) is 2.30. The zero-order chi connectivity index (χ0) is 7.56. The minimum Gasteiger partial charge on any atom is -0.319 e. The van der Waals surface area contributed by atoms with Crippen LogP contribution in [0.4, 0.5) is 0 Å². The molecule has 0 saturated carbocycles. The Morgan fingerprint density at radius 1 is 1.90 bits per heavy atom. The van der Waals surface area contributed by atoms with E-state index in [1.54, 1.807) is 11.1 Å². The quantitative estimate of drug-likeness (QED) is 0.566. The molecule has 1 aliphatic heterocycles. The first-order valence-electron chi connectivity index (χ1n) is 3.70. The summed E-state index contributed by atoms with van der Waals surface area (Å²) in [4.78, 5) is 12.7. The third kappa shape index (κ3) is 1.20. The Balaban J connectivity index is 2.52. The van der Waals surface area contributed by atoms with E-state index in [4.69, 9.17) is 0 Å². The number of hydrogen-bond donors (Lipinski definition) is 0.